The van der Waals surface area contributed by atoms with Crippen LogP contribution < -0.4 is 10.1 Å². The van der Waals surface area contributed by atoms with Crippen molar-refractivity contribution >= 4 is 17.5 Å². The Morgan fingerprint density at radius 3 is 2.75 bits per heavy atom. The van der Waals surface area contributed by atoms with E-state index in [1.165, 1.54) is 0 Å². The lowest BCUT2D eigenvalue weighted by Crippen LogP contribution is -2.34. The summed E-state index contributed by atoms with van der Waals surface area (Å²) in [5.74, 6) is 0.691. The van der Waals surface area contributed by atoms with Gasteiger partial charge in [-0.25, -0.2) is 0 Å². The van der Waals surface area contributed by atoms with E-state index < -0.39 is 6.10 Å². The fourth-order valence-electron chi connectivity index (χ4n) is 1.52. The van der Waals surface area contributed by atoms with Gasteiger partial charge >= 0.3 is 0 Å². The SMILES string of the molecule is CC(C)C(O)CNC(=O)CCCOc1ccccc1Cl. The summed E-state index contributed by atoms with van der Waals surface area (Å²) in [4.78, 5) is 11.5. The van der Waals surface area contributed by atoms with Gasteiger partial charge in [-0.2, -0.15) is 0 Å². The zero-order chi connectivity index (χ0) is 15.0. The number of nitrogens with one attached hydrogen (secondary N) is 1. The van der Waals surface area contributed by atoms with E-state index in [-0.39, 0.29) is 11.8 Å². The molecule has 0 aromatic heterocycles. The zero-order valence-electron chi connectivity index (χ0n) is 11.9. The molecule has 1 rings (SSSR count). The number of hydrogen-bond acceptors (Lipinski definition) is 3. The third kappa shape index (κ3) is 6.26. The highest BCUT2D eigenvalue weighted by Gasteiger charge is 2.10. The van der Waals surface area contributed by atoms with E-state index in [0.29, 0.717) is 36.8 Å². The van der Waals surface area contributed by atoms with Gasteiger partial charge in [-0.15, -0.1) is 0 Å². The molecule has 0 saturated carbocycles. The molecular formula is C15H22ClNO3. The van der Waals surface area contributed by atoms with Crippen LogP contribution in [0.1, 0.15) is 26.7 Å². The highest BCUT2D eigenvalue weighted by atomic mass is 35.5. The fraction of sp³-hybridized carbons (Fsp3) is 0.533. The Bertz CT molecular complexity index is 423. The predicted octanol–water partition coefficient (Wildman–Crippen LogP) is 2.63. The second-order valence-electron chi connectivity index (χ2n) is 5.00. The standard InChI is InChI=1S/C15H22ClNO3/c1-11(2)13(18)10-17-15(19)8-5-9-20-14-7-4-3-6-12(14)16/h3-4,6-7,11,13,18H,5,8-10H2,1-2H3,(H,17,19). The number of benzene rings is 1. The number of halogens is 1. The van der Waals surface area contributed by atoms with E-state index in [4.69, 9.17) is 16.3 Å². The average molecular weight is 300 g/mol. The molecule has 5 heteroatoms. The molecule has 0 radical (unpaired) electrons. The molecule has 0 heterocycles. The number of ether oxygens (including phenoxy) is 1. The van der Waals surface area contributed by atoms with Crippen LogP contribution in [0.3, 0.4) is 0 Å². The predicted molar refractivity (Wildman–Crippen MR) is 80.0 cm³/mol. The maximum atomic E-state index is 11.5. The molecule has 0 aliphatic carbocycles. The van der Waals surface area contributed by atoms with Crippen LogP contribution in [0.4, 0.5) is 0 Å². The number of hydrogen-bond donors (Lipinski definition) is 2. The molecule has 112 valence electrons. The summed E-state index contributed by atoms with van der Waals surface area (Å²) in [5, 5.41) is 12.8. The molecule has 0 fully saturated rings. The van der Waals surface area contributed by atoms with Crippen LogP contribution >= 0.6 is 11.6 Å². The second kappa shape index (κ2) is 8.82. The molecule has 0 spiro atoms. The Morgan fingerprint density at radius 1 is 1.40 bits per heavy atom. The van der Waals surface area contributed by atoms with Gasteiger partial charge in [-0.3, -0.25) is 4.79 Å². The quantitative estimate of drug-likeness (QED) is 0.726. The van der Waals surface area contributed by atoms with Gasteiger partial charge < -0.3 is 15.2 Å². The van der Waals surface area contributed by atoms with Crippen molar-refractivity contribution in [3.8, 4) is 5.75 Å². The van der Waals surface area contributed by atoms with E-state index in [0.717, 1.165) is 0 Å². The number of rotatable bonds is 8. The second-order valence-corrected chi connectivity index (χ2v) is 5.41. The molecular weight excluding hydrogens is 278 g/mol. The number of carbonyl (C=O) groups excluding carboxylic acids is 1. The summed E-state index contributed by atoms with van der Waals surface area (Å²) in [6.45, 7) is 4.55. The van der Waals surface area contributed by atoms with E-state index in [9.17, 15) is 9.90 Å². The number of carbonyl (C=O) groups is 1. The molecule has 1 aromatic rings. The van der Waals surface area contributed by atoms with Gasteiger partial charge in [-0.05, 0) is 24.5 Å². The molecule has 0 bridgehead atoms. The number of aliphatic hydroxyl groups is 1. The van der Waals surface area contributed by atoms with Crippen LogP contribution in [0.15, 0.2) is 24.3 Å². The molecule has 1 aromatic carbocycles. The van der Waals surface area contributed by atoms with Gasteiger partial charge in [0, 0.05) is 13.0 Å². The minimum absolute atomic E-state index is 0.0764. The number of para-hydroxylation sites is 1. The Kier molecular flexibility index (Phi) is 7.41. The van der Waals surface area contributed by atoms with Crippen LogP contribution in [0, 0.1) is 5.92 Å². The van der Waals surface area contributed by atoms with Crippen LogP contribution in [0.5, 0.6) is 5.75 Å². The van der Waals surface area contributed by atoms with Gasteiger partial charge in [0.1, 0.15) is 5.75 Å². The third-order valence-electron chi connectivity index (χ3n) is 2.92. The minimum Gasteiger partial charge on any atom is -0.492 e. The van der Waals surface area contributed by atoms with E-state index in [1.807, 2.05) is 26.0 Å². The lowest BCUT2D eigenvalue weighted by Gasteiger charge is -2.15. The van der Waals surface area contributed by atoms with Gasteiger partial charge in [-0.1, -0.05) is 37.6 Å². The first-order chi connectivity index (χ1) is 9.50. The van der Waals surface area contributed by atoms with E-state index in [1.54, 1.807) is 12.1 Å². The number of amides is 1. The first kappa shape index (κ1) is 16.8. The summed E-state index contributed by atoms with van der Waals surface area (Å²) in [6, 6.07) is 7.24. The maximum Gasteiger partial charge on any atom is 0.220 e. The Morgan fingerprint density at radius 2 is 2.10 bits per heavy atom. The molecule has 1 amide bonds. The summed E-state index contributed by atoms with van der Waals surface area (Å²) in [7, 11) is 0. The normalized spacial score (nSPS) is 12.2. The molecule has 20 heavy (non-hydrogen) atoms. The monoisotopic (exact) mass is 299 g/mol. The first-order valence-corrected chi connectivity index (χ1v) is 7.20. The highest BCUT2D eigenvalue weighted by Crippen LogP contribution is 2.23. The lowest BCUT2D eigenvalue weighted by molar-refractivity contribution is -0.121. The van der Waals surface area contributed by atoms with E-state index >= 15 is 0 Å². The van der Waals surface area contributed by atoms with Crippen LogP contribution in [0.2, 0.25) is 5.02 Å². The van der Waals surface area contributed by atoms with Crippen molar-refractivity contribution in [3.63, 3.8) is 0 Å². The fourth-order valence-corrected chi connectivity index (χ4v) is 1.71. The highest BCUT2D eigenvalue weighted by molar-refractivity contribution is 6.32. The Hall–Kier alpha value is -1.26. The molecule has 4 nitrogen and oxygen atoms in total. The summed E-state index contributed by atoms with van der Waals surface area (Å²) in [6.07, 6.45) is 0.475. The first-order valence-electron chi connectivity index (χ1n) is 6.82. The summed E-state index contributed by atoms with van der Waals surface area (Å²) >= 11 is 5.95. The zero-order valence-corrected chi connectivity index (χ0v) is 12.7. The van der Waals surface area contributed by atoms with Gasteiger partial charge in [0.25, 0.3) is 0 Å². The molecule has 0 aliphatic heterocycles. The third-order valence-corrected chi connectivity index (χ3v) is 3.23. The summed E-state index contributed by atoms with van der Waals surface area (Å²) in [5.41, 5.74) is 0. The largest absolute Gasteiger partial charge is 0.492 e. The maximum absolute atomic E-state index is 11.5. The lowest BCUT2D eigenvalue weighted by atomic mass is 10.1. The van der Waals surface area contributed by atoms with Crippen molar-refractivity contribution in [1.82, 2.24) is 5.32 Å². The van der Waals surface area contributed by atoms with Crippen molar-refractivity contribution in [2.24, 2.45) is 5.92 Å². The summed E-state index contributed by atoms with van der Waals surface area (Å²) < 4.78 is 5.49. The number of aliphatic hydroxyl groups excluding tert-OH is 1. The van der Waals surface area contributed by atoms with Crippen LogP contribution in [0.25, 0.3) is 0 Å². The van der Waals surface area contributed by atoms with E-state index in [2.05, 4.69) is 5.32 Å². The average Bonchev–Trinajstić information content (AvgIpc) is 2.42. The van der Waals surface area contributed by atoms with Crippen molar-refractivity contribution in [1.29, 1.82) is 0 Å². The molecule has 0 aliphatic rings. The topological polar surface area (TPSA) is 58.6 Å². The van der Waals surface area contributed by atoms with Crippen LogP contribution in [-0.2, 0) is 4.79 Å². The van der Waals surface area contributed by atoms with Gasteiger partial charge in [0.05, 0.1) is 17.7 Å². The van der Waals surface area contributed by atoms with Crippen molar-refractivity contribution in [3.05, 3.63) is 29.3 Å². The smallest absolute Gasteiger partial charge is 0.220 e. The van der Waals surface area contributed by atoms with Crippen molar-refractivity contribution in [2.45, 2.75) is 32.8 Å². The minimum atomic E-state index is -0.502. The Balaban J connectivity index is 2.15. The molecule has 2 N–H and O–H groups in total. The molecule has 1 unspecified atom stereocenters. The van der Waals surface area contributed by atoms with Crippen LogP contribution in [-0.4, -0.2) is 30.3 Å². The van der Waals surface area contributed by atoms with Crippen molar-refractivity contribution < 1.29 is 14.6 Å². The molecule has 1 atom stereocenters. The van der Waals surface area contributed by atoms with Crippen molar-refractivity contribution in [2.75, 3.05) is 13.2 Å². The Labute approximate surface area is 125 Å². The molecule has 0 saturated heterocycles. The van der Waals surface area contributed by atoms with Gasteiger partial charge in [0.15, 0.2) is 0 Å². The van der Waals surface area contributed by atoms with Gasteiger partial charge in [0.2, 0.25) is 5.91 Å².